The number of hydrogen-bond donors (Lipinski definition) is 0. The van der Waals surface area contributed by atoms with E-state index in [-0.39, 0.29) is 42.6 Å². The highest BCUT2D eigenvalue weighted by molar-refractivity contribution is 5.98. The molecule has 0 spiro atoms. The van der Waals surface area contributed by atoms with E-state index in [9.17, 15) is 24.0 Å². The molecule has 2 fully saturated rings. The lowest BCUT2D eigenvalue weighted by molar-refractivity contribution is -0.287. The third-order valence-corrected chi connectivity index (χ3v) is 14.1. The molecule has 0 bridgehead atoms. The SMILES string of the molecule is CO[C@](C(=O)Oc1cc2c(c3c1C(=O)O[C@@H](C)C3)C[C@@H]1[C@@]3(C)C[C@@H](OC(C)=O)C(=O)C(C)(C)[C@@H]3C[C@H](OC(=O)[C@@](OC)(c3ccccc3)C(F)(F)F)[C@]1(C)O2)(c1ccccc1)C(F)(F)F. The van der Waals surface area contributed by atoms with Crippen LogP contribution in [-0.4, -0.2) is 80.1 Å². The van der Waals surface area contributed by atoms with E-state index in [4.69, 9.17) is 33.2 Å². The Morgan fingerprint density at radius 3 is 1.78 bits per heavy atom. The summed E-state index contributed by atoms with van der Waals surface area (Å²) in [6, 6.07) is 13.1. The van der Waals surface area contributed by atoms with Crippen LogP contribution in [0.25, 0.3) is 0 Å². The van der Waals surface area contributed by atoms with Gasteiger partial charge in [0.1, 0.15) is 34.9 Å². The Balaban J connectivity index is 1.42. The van der Waals surface area contributed by atoms with Crippen molar-refractivity contribution < 1.29 is 83.5 Å². The first-order valence-corrected chi connectivity index (χ1v) is 20.8. The molecule has 0 saturated heterocycles. The molecule has 2 saturated carbocycles. The first kappa shape index (κ1) is 47.5. The third kappa shape index (κ3) is 7.25. The standard InChI is InChI=1S/C47H48F6O12/c1-24-19-29-28-20-34-42(5)23-32(62-25(2)54)37(55)41(3,4)33(42)22-35(64-40(58)45(60-8,47(51,52)53)27-17-13-10-14-18-27)43(34,6)65-30(28)21-31(36(29)38(56)61-24)63-39(57)44(59-7,46(48,49)50)26-15-11-9-12-16-26/h9-18,21,24,32-35H,19-20,22-23H2,1-8H3/t24-,32+,33-,34+,35-,42-,43+,44-,45-/m0/s1. The van der Waals surface area contributed by atoms with Crippen molar-refractivity contribution >= 4 is 29.7 Å². The van der Waals surface area contributed by atoms with Crippen LogP contribution in [0, 0.1) is 22.7 Å². The van der Waals surface area contributed by atoms with Crippen LogP contribution in [0.1, 0.15) is 87.0 Å². The average Bonchev–Trinajstić information content (AvgIpc) is 3.20. The van der Waals surface area contributed by atoms with E-state index in [0.29, 0.717) is 19.8 Å². The van der Waals surface area contributed by atoms with Gasteiger partial charge in [-0.2, -0.15) is 26.3 Å². The van der Waals surface area contributed by atoms with Crippen LogP contribution in [0.15, 0.2) is 66.7 Å². The maximum absolute atomic E-state index is 15.3. The molecule has 4 aliphatic rings. The number of fused-ring (bicyclic) bond motifs is 6. The summed E-state index contributed by atoms with van der Waals surface area (Å²) in [4.78, 5) is 68.8. The number of hydrogen-bond acceptors (Lipinski definition) is 12. The van der Waals surface area contributed by atoms with Crippen LogP contribution in [-0.2, 0) is 66.9 Å². The number of esters is 4. The lowest BCUT2D eigenvalue weighted by Gasteiger charge is -2.65. The van der Waals surface area contributed by atoms with Gasteiger partial charge in [0.2, 0.25) is 0 Å². The molecular weight excluding hydrogens is 870 g/mol. The Kier molecular flexibility index (Phi) is 11.8. The first-order valence-electron chi connectivity index (χ1n) is 20.8. The number of alkyl halides is 6. The Labute approximate surface area is 370 Å². The minimum absolute atomic E-state index is 0.0490. The van der Waals surface area contributed by atoms with Crippen molar-refractivity contribution in [2.24, 2.45) is 22.7 Å². The average molecular weight is 919 g/mol. The predicted molar refractivity (Wildman–Crippen MR) is 214 cm³/mol. The van der Waals surface area contributed by atoms with Crippen LogP contribution in [0.3, 0.4) is 0 Å². The minimum Gasteiger partial charge on any atom is -0.483 e. The topological polar surface area (TPSA) is 150 Å². The fraction of sp³-hybridized carbons (Fsp3) is 0.511. The van der Waals surface area contributed by atoms with Crippen molar-refractivity contribution in [3.05, 3.63) is 94.5 Å². The highest BCUT2D eigenvalue weighted by Gasteiger charge is 2.71. The molecule has 2 heterocycles. The van der Waals surface area contributed by atoms with Gasteiger partial charge in [-0.3, -0.25) is 9.59 Å². The summed E-state index contributed by atoms with van der Waals surface area (Å²) in [5.74, 6) is -8.57. The highest BCUT2D eigenvalue weighted by atomic mass is 19.4. The van der Waals surface area contributed by atoms with E-state index in [1.807, 2.05) is 6.92 Å². The van der Waals surface area contributed by atoms with E-state index in [0.717, 1.165) is 37.3 Å². The van der Waals surface area contributed by atoms with Crippen LogP contribution < -0.4 is 9.47 Å². The summed E-state index contributed by atoms with van der Waals surface area (Å²) in [6.45, 7) is 9.25. The summed E-state index contributed by atoms with van der Waals surface area (Å²) in [6.07, 6.45) is -14.9. The molecule has 0 aromatic heterocycles. The number of ketones is 1. The van der Waals surface area contributed by atoms with E-state index < -0.39 is 117 Å². The summed E-state index contributed by atoms with van der Waals surface area (Å²) in [5.41, 5.74) is -12.7. The second kappa shape index (κ2) is 16.1. The summed E-state index contributed by atoms with van der Waals surface area (Å²) < 4.78 is 131. The molecule has 12 nitrogen and oxygen atoms in total. The molecule has 7 rings (SSSR count). The normalized spacial score (nSPS) is 28.9. The van der Waals surface area contributed by atoms with Crippen molar-refractivity contribution in [3.63, 3.8) is 0 Å². The fourth-order valence-electron chi connectivity index (χ4n) is 11.1. The van der Waals surface area contributed by atoms with Crippen LogP contribution in [0.2, 0.25) is 0 Å². The molecule has 3 aromatic carbocycles. The van der Waals surface area contributed by atoms with E-state index in [1.54, 1.807) is 20.8 Å². The molecule has 350 valence electrons. The number of benzene rings is 3. The lowest BCUT2D eigenvalue weighted by Crippen LogP contribution is -2.71. The molecule has 2 aliphatic heterocycles. The molecule has 0 unspecified atom stereocenters. The molecule has 0 amide bonds. The Hall–Kier alpha value is -5.49. The molecule has 65 heavy (non-hydrogen) atoms. The molecule has 9 atom stereocenters. The van der Waals surface area contributed by atoms with Crippen LogP contribution in [0.5, 0.6) is 11.5 Å². The second-order valence-corrected chi connectivity index (χ2v) is 18.1. The number of Topliss-reactive ketones (excluding diaryl/α,β-unsaturated/α-hetero) is 1. The quantitative estimate of drug-likeness (QED) is 0.0884. The predicted octanol–water partition coefficient (Wildman–Crippen LogP) is 8.08. The van der Waals surface area contributed by atoms with E-state index in [1.165, 1.54) is 43.3 Å². The number of carbonyl (C=O) groups excluding carboxylic acids is 5. The minimum atomic E-state index is -5.40. The maximum atomic E-state index is 15.3. The summed E-state index contributed by atoms with van der Waals surface area (Å²) in [7, 11) is 1.38. The number of carbonyl (C=O) groups is 5. The van der Waals surface area contributed by atoms with Crippen LogP contribution in [0.4, 0.5) is 26.3 Å². The van der Waals surface area contributed by atoms with Crippen molar-refractivity contribution in [2.45, 2.75) is 115 Å². The molecule has 0 N–H and O–H groups in total. The molecule has 3 aromatic rings. The Morgan fingerprint density at radius 2 is 1.28 bits per heavy atom. The van der Waals surface area contributed by atoms with Gasteiger partial charge in [-0.1, -0.05) is 81.4 Å². The largest absolute Gasteiger partial charge is 0.483 e. The van der Waals surface area contributed by atoms with Crippen molar-refractivity contribution in [2.75, 3.05) is 14.2 Å². The Bertz CT molecular complexity index is 2400. The zero-order chi connectivity index (χ0) is 47.9. The molecule has 18 heteroatoms. The van der Waals surface area contributed by atoms with Gasteiger partial charge in [0.25, 0.3) is 11.2 Å². The second-order valence-electron chi connectivity index (χ2n) is 18.1. The molecular formula is C47H48F6O12. The van der Waals surface area contributed by atoms with Gasteiger partial charge in [0, 0.05) is 56.1 Å². The van der Waals surface area contributed by atoms with Crippen molar-refractivity contribution in [3.8, 4) is 11.5 Å². The van der Waals surface area contributed by atoms with Gasteiger partial charge in [-0.25, -0.2) is 14.4 Å². The van der Waals surface area contributed by atoms with Gasteiger partial charge in [-0.05, 0) is 55.6 Å². The van der Waals surface area contributed by atoms with E-state index in [2.05, 4.69) is 0 Å². The van der Waals surface area contributed by atoms with Gasteiger partial charge in [0.15, 0.2) is 11.9 Å². The number of cyclic esters (lactones) is 1. The van der Waals surface area contributed by atoms with Crippen molar-refractivity contribution in [1.82, 2.24) is 0 Å². The molecule has 0 radical (unpaired) electrons. The highest BCUT2D eigenvalue weighted by Crippen LogP contribution is 2.65. The number of rotatable bonds is 9. The maximum Gasteiger partial charge on any atom is 0.432 e. The number of halogens is 6. The fourth-order valence-corrected chi connectivity index (χ4v) is 11.1. The van der Waals surface area contributed by atoms with Crippen molar-refractivity contribution in [1.29, 1.82) is 0 Å². The van der Waals surface area contributed by atoms with Gasteiger partial charge < -0.3 is 33.2 Å². The summed E-state index contributed by atoms with van der Waals surface area (Å²) in [5, 5.41) is 0. The lowest BCUT2D eigenvalue weighted by atomic mass is 9.43. The van der Waals surface area contributed by atoms with Gasteiger partial charge in [-0.15, -0.1) is 0 Å². The monoisotopic (exact) mass is 918 g/mol. The zero-order valence-corrected chi connectivity index (χ0v) is 36.7. The molecule has 2 aliphatic carbocycles. The number of methoxy groups -OCH3 is 2. The third-order valence-electron chi connectivity index (χ3n) is 14.1. The van der Waals surface area contributed by atoms with Gasteiger partial charge >= 0.3 is 36.2 Å². The first-order chi connectivity index (χ1) is 30.2. The Morgan fingerprint density at radius 1 is 0.738 bits per heavy atom. The van der Waals surface area contributed by atoms with E-state index >= 15 is 26.3 Å². The van der Waals surface area contributed by atoms with Crippen LogP contribution >= 0.6 is 0 Å². The number of ether oxygens (including phenoxy) is 7. The smallest absolute Gasteiger partial charge is 0.432 e. The zero-order valence-electron chi connectivity index (χ0n) is 36.7. The summed E-state index contributed by atoms with van der Waals surface area (Å²) >= 11 is 0. The van der Waals surface area contributed by atoms with Gasteiger partial charge in [0.05, 0.1) is 0 Å².